The van der Waals surface area contributed by atoms with Crippen LogP contribution in [0.3, 0.4) is 0 Å². The summed E-state index contributed by atoms with van der Waals surface area (Å²) in [4.78, 5) is 15.9. The minimum Gasteiger partial charge on any atom is -0.493 e. The Kier molecular flexibility index (Phi) is 8.18. The Morgan fingerprint density at radius 2 is 1.93 bits per heavy atom. The number of alkyl halides is 3. The number of fused-ring (bicyclic) bond motifs is 3. The molecule has 14 heteroatoms. The van der Waals surface area contributed by atoms with Gasteiger partial charge in [0.25, 0.3) is 0 Å². The van der Waals surface area contributed by atoms with Crippen molar-refractivity contribution < 1.29 is 36.6 Å². The number of carbonyl (C=O) groups is 1. The molecule has 0 radical (unpaired) electrons. The maximum atomic E-state index is 14.2. The lowest BCUT2D eigenvalue weighted by Crippen LogP contribution is -2.16. The molecule has 0 saturated carbocycles. The van der Waals surface area contributed by atoms with E-state index in [4.69, 9.17) is 25.5 Å². The van der Waals surface area contributed by atoms with Gasteiger partial charge in [-0.2, -0.15) is 13.2 Å². The number of nitrogens with zero attached hydrogens (tertiary/aromatic N) is 4. The van der Waals surface area contributed by atoms with Crippen molar-refractivity contribution in [2.24, 2.45) is 0 Å². The Morgan fingerprint density at radius 1 is 1.12 bits per heavy atom. The number of hydrogen-bond acceptors (Lipinski definition) is 9. The topological polar surface area (TPSA) is 102 Å². The van der Waals surface area contributed by atoms with Gasteiger partial charge in [0.2, 0.25) is 5.82 Å². The van der Waals surface area contributed by atoms with Crippen LogP contribution in [0.1, 0.15) is 51.3 Å². The molecule has 0 fully saturated rings. The number of thioether (sulfide) groups is 1. The number of aryl methyl sites for hydroxylation is 1. The summed E-state index contributed by atoms with van der Waals surface area (Å²) in [6.45, 7) is 0. The van der Waals surface area contributed by atoms with Gasteiger partial charge in [0.05, 0.1) is 50.1 Å². The van der Waals surface area contributed by atoms with E-state index in [-0.39, 0.29) is 36.7 Å². The Bertz CT molecular complexity index is 1570. The highest BCUT2D eigenvalue weighted by Gasteiger charge is 2.43. The molecule has 0 spiro atoms. The monoisotopic (exact) mass is 608 g/mol. The zero-order chi connectivity index (χ0) is 29.3. The van der Waals surface area contributed by atoms with Gasteiger partial charge in [0, 0.05) is 23.4 Å². The SMILES string of the molecule is COC(=O)CCc1cnc(C[C@@H]2S[C@@H](c3cccc(OC)c3OC)c3cc(Cl)ccc3-n3c2nnc3C(F)(F)F)o1. The highest BCUT2D eigenvalue weighted by molar-refractivity contribution is 8.00. The first-order chi connectivity index (χ1) is 19.6. The lowest BCUT2D eigenvalue weighted by molar-refractivity contribution is -0.146. The number of hydrogen-bond donors (Lipinski definition) is 0. The molecule has 4 aromatic rings. The van der Waals surface area contributed by atoms with Crippen LogP contribution in [0.4, 0.5) is 13.2 Å². The third-order valence-corrected chi connectivity index (χ3v) is 8.24. The Labute approximate surface area is 242 Å². The number of benzene rings is 2. The molecule has 9 nitrogen and oxygen atoms in total. The number of halogens is 4. The summed E-state index contributed by atoms with van der Waals surface area (Å²) in [5.41, 5.74) is 1.41. The molecular weight excluding hydrogens is 585 g/mol. The predicted octanol–water partition coefficient (Wildman–Crippen LogP) is 6.17. The van der Waals surface area contributed by atoms with E-state index in [1.54, 1.807) is 18.2 Å². The number of ether oxygens (including phenoxy) is 3. The average Bonchev–Trinajstić information content (AvgIpc) is 3.58. The zero-order valence-corrected chi connectivity index (χ0v) is 23.6. The molecule has 216 valence electrons. The fourth-order valence-corrected chi connectivity index (χ4v) is 6.40. The molecule has 2 aromatic heterocycles. The highest BCUT2D eigenvalue weighted by atomic mass is 35.5. The summed E-state index contributed by atoms with van der Waals surface area (Å²) in [5.74, 6) is 0.131. The normalized spacial score (nSPS) is 16.5. The first kappa shape index (κ1) is 28.8. The zero-order valence-electron chi connectivity index (χ0n) is 22.1. The van der Waals surface area contributed by atoms with Gasteiger partial charge in [0.1, 0.15) is 5.76 Å². The summed E-state index contributed by atoms with van der Waals surface area (Å²) < 4.78 is 65.4. The lowest BCUT2D eigenvalue weighted by atomic mass is 10.0. The maximum absolute atomic E-state index is 14.2. The molecule has 0 N–H and O–H groups in total. The summed E-state index contributed by atoms with van der Waals surface area (Å²) in [5, 5.41) is 6.65. The van der Waals surface area contributed by atoms with E-state index >= 15 is 0 Å². The predicted molar refractivity (Wildman–Crippen MR) is 144 cm³/mol. The van der Waals surface area contributed by atoms with Gasteiger partial charge in [0.15, 0.2) is 23.2 Å². The van der Waals surface area contributed by atoms with Gasteiger partial charge in [-0.1, -0.05) is 23.7 Å². The molecule has 0 amide bonds. The Morgan fingerprint density at radius 3 is 2.63 bits per heavy atom. The second kappa shape index (κ2) is 11.6. The second-order valence-corrected chi connectivity index (χ2v) is 10.8. The average molecular weight is 609 g/mol. The second-order valence-electron chi connectivity index (χ2n) is 9.01. The molecule has 0 saturated heterocycles. The fraction of sp³-hybridized carbons (Fsp3) is 0.333. The molecule has 1 aliphatic rings. The first-order valence-electron chi connectivity index (χ1n) is 12.3. The smallest absolute Gasteiger partial charge is 0.452 e. The molecule has 0 bridgehead atoms. The fourth-order valence-electron chi connectivity index (χ4n) is 4.71. The van der Waals surface area contributed by atoms with Crippen LogP contribution in [-0.2, 0) is 28.5 Å². The molecule has 3 heterocycles. The third-order valence-electron chi connectivity index (χ3n) is 6.52. The van der Waals surface area contributed by atoms with Crippen molar-refractivity contribution >= 4 is 29.3 Å². The number of methoxy groups -OCH3 is 3. The van der Waals surface area contributed by atoms with Crippen LogP contribution >= 0.6 is 23.4 Å². The van der Waals surface area contributed by atoms with E-state index in [9.17, 15) is 18.0 Å². The number of rotatable bonds is 8. The van der Waals surface area contributed by atoms with Crippen LogP contribution in [0.2, 0.25) is 5.02 Å². The first-order valence-corrected chi connectivity index (χ1v) is 13.7. The van der Waals surface area contributed by atoms with Crippen LogP contribution in [0.15, 0.2) is 47.0 Å². The number of oxazole rings is 1. The van der Waals surface area contributed by atoms with Gasteiger partial charge in [-0.3, -0.25) is 9.36 Å². The molecule has 1 aliphatic heterocycles. The summed E-state index contributed by atoms with van der Waals surface area (Å²) in [6.07, 6.45) is -2.85. The van der Waals surface area contributed by atoms with E-state index in [0.717, 1.165) is 4.57 Å². The maximum Gasteiger partial charge on any atom is 0.452 e. The summed E-state index contributed by atoms with van der Waals surface area (Å²) in [7, 11) is 4.30. The van der Waals surface area contributed by atoms with Gasteiger partial charge < -0.3 is 18.6 Å². The largest absolute Gasteiger partial charge is 0.493 e. The van der Waals surface area contributed by atoms with Crippen molar-refractivity contribution in [1.29, 1.82) is 0 Å². The number of aromatic nitrogens is 4. The number of para-hydroxylation sites is 1. The minimum absolute atomic E-state index is 0.0737. The van der Waals surface area contributed by atoms with E-state index in [1.165, 1.54) is 51.4 Å². The van der Waals surface area contributed by atoms with Gasteiger partial charge >= 0.3 is 12.1 Å². The third kappa shape index (κ3) is 5.73. The summed E-state index contributed by atoms with van der Waals surface area (Å²) in [6, 6.07) is 10.0. The van der Waals surface area contributed by atoms with Crippen LogP contribution in [-0.4, -0.2) is 47.0 Å². The Hall–Kier alpha value is -3.71. The molecule has 2 aromatic carbocycles. The van der Waals surface area contributed by atoms with Crippen molar-refractivity contribution in [3.63, 3.8) is 0 Å². The van der Waals surface area contributed by atoms with Gasteiger partial charge in [-0.05, 0) is 29.8 Å². The molecular formula is C27H24ClF3N4O5S. The van der Waals surface area contributed by atoms with Crippen LogP contribution < -0.4 is 9.47 Å². The van der Waals surface area contributed by atoms with Gasteiger partial charge in [-0.25, -0.2) is 4.98 Å². The van der Waals surface area contributed by atoms with Crippen molar-refractivity contribution in [2.45, 2.75) is 35.9 Å². The minimum atomic E-state index is -4.78. The Balaban J connectivity index is 1.65. The number of esters is 1. The van der Waals surface area contributed by atoms with E-state index in [0.29, 0.717) is 33.4 Å². The highest BCUT2D eigenvalue weighted by Crippen LogP contribution is 2.54. The van der Waals surface area contributed by atoms with Crippen LogP contribution in [0.25, 0.3) is 5.69 Å². The van der Waals surface area contributed by atoms with Crippen molar-refractivity contribution in [3.8, 4) is 17.2 Å². The standard InChI is InChI=1S/C27H24ClF3N4O5S/c1-37-19-6-4-5-16(23(19)39-3)24-17-11-14(28)7-9-18(17)35-25(33-34-26(35)27(29,30)31)20(41-24)12-21-32-13-15(40-21)8-10-22(36)38-2/h4-7,9,11,13,20,24H,8,10,12H2,1-3H3/t20-,24-/m0/s1. The molecule has 5 rings (SSSR count). The quantitative estimate of drug-likeness (QED) is 0.217. The van der Waals surface area contributed by atoms with Crippen molar-refractivity contribution in [1.82, 2.24) is 19.7 Å². The van der Waals surface area contributed by atoms with Crippen LogP contribution in [0.5, 0.6) is 11.5 Å². The van der Waals surface area contributed by atoms with E-state index in [2.05, 4.69) is 19.9 Å². The van der Waals surface area contributed by atoms with Gasteiger partial charge in [-0.15, -0.1) is 22.0 Å². The lowest BCUT2D eigenvalue weighted by Gasteiger charge is -2.23. The molecule has 0 aliphatic carbocycles. The number of carbonyl (C=O) groups excluding carboxylic acids is 1. The molecule has 41 heavy (non-hydrogen) atoms. The van der Waals surface area contributed by atoms with E-state index in [1.807, 2.05) is 6.07 Å². The van der Waals surface area contributed by atoms with E-state index < -0.39 is 28.5 Å². The summed E-state index contributed by atoms with van der Waals surface area (Å²) >= 11 is 7.73. The van der Waals surface area contributed by atoms with Crippen molar-refractivity contribution in [2.75, 3.05) is 21.3 Å². The van der Waals surface area contributed by atoms with Crippen LogP contribution in [0, 0.1) is 0 Å². The molecule has 0 unspecified atom stereocenters. The molecule has 2 atom stereocenters. The van der Waals surface area contributed by atoms with Crippen molar-refractivity contribution in [3.05, 3.63) is 82.0 Å².